The average Bonchev–Trinajstić information content (AvgIpc) is 2.69. The second-order valence-electron chi connectivity index (χ2n) is 6.23. The first-order valence-electron chi connectivity index (χ1n) is 8.50. The van der Waals surface area contributed by atoms with Crippen LogP contribution in [0.25, 0.3) is 11.0 Å². The first-order chi connectivity index (χ1) is 13.0. The fraction of sp³-hybridized carbons (Fsp3) is 0.529. The molecular formula is C17H22N4O5S. The van der Waals surface area contributed by atoms with Gasteiger partial charge < -0.3 is 14.4 Å². The van der Waals surface area contributed by atoms with Crippen molar-refractivity contribution < 1.29 is 14.3 Å². The van der Waals surface area contributed by atoms with Crippen molar-refractivity contribution in [3.63, 3.8) is 0 Å². The molecule has 1 amide bonds. The summed E-state index contributed by atoms with van der Waals surface area (Å²) in [5.41, 5.74) is 0.129. The molecule has 3 rings (SSSR count). The molecule has 0 spiro atoms. The molecule has 3 heterocycles. The van der Waals surface area contributed by atoms with Gasteiger partial charge in [-0.05, 0) is 0 Å². The lowest BCUT2D eigenvalue weighted by Gasteiger charge is -2.26. The van der Waals surface area contributed by atoms with E-state index in [9.17, 15) is 14.4 Å². The van der Waals surface area contributed by atoms with Gasteiger partial charge in [0.1, 0.15) is 5.65 Å². The number of aryl methyl sites for hydroxylation is 1. The minimum Gasteiger partial charge on any atom is -0.380 e. The smallest absolute Gasteiger partial charge is 0.332 e. The van der Waals surface area contributed by atoms with E-state index in [4.69, 9.17) is 9.47 Å². The van der Waals surface area contributed by atoms with Crippen LogP contribution in [0.3, 0.4) is 0 Å². The van der Waals surface area contributed by atoms with Crippen LogP contribution < -0.4 is 11.2 Å². The Kier molecular flexibility index (Phi) is 5.98. The summed E-state index contributed by atoms with van der Waals surface area (Å²) < 4.78 is 12.9. The van der Waals surface area contributed by atoms with E-state index < -0.39 is 11.2 Å². The van der Waals surface area contributed by atoms with Crippen LogP contribution in [0, 0.1) is 0 Å². The Morgan fingerprint density at radius 1 is 1.26 bits per heavy atom. The molecule has 0 aliphatic carbocycles. The summed E-state index contributed by atoms with van der Waals surface area (Å²) in [5.74, 6) is 0.167. The number of carbonyl (C=O) groups excluding carboxylic acids is 1. The van der Waals surface area contributed by atoms with E-state index in [2.05, 4.69) is 4.98 Å². The van der Waals surface area contributed by atoms with Crippen molar-refractivity contribution in [1.82, 2.24) is 19.0 Å². The lowest BCUT2D eigenvalue weighted by atomic mass is 10.2. The molecular weight excluding hydrogens is 372 g/mol. The number of aromatic nitrogens is 3. The zero-order chi connectivity index (χ0) is 19.6. The fourth-order valence-electron chi connectivity index (χ4n) is 3.00. The van der Waals surface area contributed by atoms with E-state index in [1.54, 1.807) is 25.3 Å². The normalized spacial score (nSPS) is 14.7. The predicted molar refractivity (Wildman–Crippen MR) is 101 cm³/mol. The van der Waals surface area contributed by atoms with E-state index in [1.807, 2.05) is 0 Å². The minimum atomic E-state index is -0.445. The molecule has 0 aromatic carbocycles. The summed E-state index contributed by atoms with van der Waals surface area (Å²) in [6, 6.07) is 0. The standard InChI is InChI=1S/C17H22N4O5S/c1-19-15-13(16(23)20(2)17(19)24)14(11(8-18-15)9-25-3)27-10-12(22)21-4-6-26-7-5-21/h8H,4-7,9-10H2,1-3H3. The van der Waals surface area contributed by atoms with Crippen LogP contribution in [0.4, 0.5) is 0 Å². The van der Waals surface area contributed by atoms with Gasteiger partial charge in [0.15, 0.2) is 0 Å². The van der Waals surface area contributed by atoms with E-state index in [0.717, 1.165) is 4.57 Å². The highest BCUT2D eigenvalue weighted by Crippen LogP contribution is 2.29. The van der Waals surface area contributed by atoms with Crippen LogP contribution in [0.2, 0.25) is 0 Å². The van der Waals surface area contributed by atoms with Crippen molar-refractivity contribution in [3.05, 3.63) is 32.6 Å². The van der Waals surface area contributed by atoms with E-state index in [-0.39, 0.29) is 18.3 Å². The van der Waals surface area contributed by atoms with Crippen molar-refractivity contribution in [2.45, 2.75) is 11.5 Å². The number of morpholine rings is 1. The van der Waals surface area contributed by atoms with Crippen molar-refractivity contribution in [3.8, 4) is 0 Å². The number of methoxy groups -OCH3 is 1. The van der Waals surface area contributed by atoms with Gasteiger partial charge in [0.25, 0.3) is 5.56 Å². The summed E-state index contributed by atoms with van der Waals surface area (Å²) >= 11 is 1.27. The lowest BCUT2D eigenvalue weighted by molar-refractivity contribution is -0.132. The summed E-state index contributed by atoms with van der Waals surface area (Å²) in [4.78, 5) is 44.1. The molecule has 0 bridgehead atoms. The SMILES string of the molecule is COCc1cnc2c(c1SCC(=O)N1CCOCC1)c(=O)n(C)c(=O)n2C. The molecule has 27 heavy (non-hydrogen) atoms. The summed E-state index contributed by atoms with van der Waals surface area (Å²) in [5, 5.41) is 0.328. The number of pyridine rings is 1. The Morgan fingerprint density at radius 3 is 2.63 bits per heavy atom. The van der Waals surface area contributed by atoms with Crippen molar-refractivity contribution in [2.75, 3.05) is 39.2 Å². The Hall–Kier alpha value is -2.17. The number of ether oxygens (including phenoxy) is 2. The Bertz CT molecular complexity index is 978. The first-order valence-corrected chi connectivity index (χ1v) is 9.49. The summed E-state index contributed by atoms with van der Waals surface area (Å²) in [6.45, 7) is 2.46. The Labute approximate surface area is 159 Å². The van der Waals surface area contributed by atoms with Gasteiger partial charge in [-0.1, -0.05) is 0 Å². The molecule has 146 valence electrons. The van der Waals surface area contributed by atoms with Crippen LogP contribution >= 0.6 is 11.8 Å². The number of fused-ring (bicyclic) bond motifs is 1. The topological polar surface area (TPSA) is 95.7 Å². The molecule has 9 nitrogen and oxygen atoms in total. The number of rotatable bonds is 5. The third-order valence-electron chi connectivity index (χ3n) is 4.50. The molecule has 10 heteroatoms. The quantitative estimate of drug-likeness (QED) is 0.644. The molecule has 1 saturated heterocycles. The zero-order valence-corrected chi connectivity index (χ0v) is 16.4. The second kappa shape index (κ2) is 8.24. The number of hydrogen-bond acceptors (Lipinski definition) is 7. The number of nitrogens with zero attached hydrogens (tertiary/aromatic N) is 4. The van der Waals surface area contributed by atoms with Gasteiger partial charge in [-0.3, -0.25) is 18.7 Å². The van der Waals surface area contributed by atoms with Gasteiger partial charge in [0.05, 0.1) is 31.0 Å². The molecule has 1 aliphatic rings. The van der Waals surface area contributed by atoms with E-state index in [0.29, 0.717) is 47.8 Å². The highest BCUT2D eigenvalue weighted by molar-refractivity contribution is 8.00. The largest absolute Gasteiger partial charge is 0.380 e. The van der Waals surface area contributed by atoms with Gasteiger partial charge >= 0.3 is 5.69 Å². The Balaban J connectivity index is 2.03. The van der Waals surface area contributed by atoms with Gasteiger partial charge in [0, 0.05) is 51.0 Å². The van der Waals surface area contributed by atoms with Crippen molar-refractivity contribution in [2.24, 2.45) is 14.1 Å². The highest BCUT2D eigenvalue weighted by atomic mass is 32.2. The summed E-state index contributed by atoms with van der Waals surface area (Å²) in [6.07, 6.45) is 1.59. The van der Waals surface area contributed by atoms with Crippen LogP contribution in [-0.2, 0) is 35.0 Å². The van der Waals surface area contributed by atoms with Gasteiger partial charge in [-0.2, -0.15) is 0 Å². The number of amides is 1. The molecule has 0 unspecified atom stereocenters. The van der Waals surface area contributed by atoms with Gasteiger partial charge in [-0.15, -0.1) is 11.8 Å². The van der Waals surface area contributed by atoms with E-state index >= 15 is 0 Å². The monoisotopic (exact) mass is 394 g/mol. The molecule has 0 radical (unpaired) electrons. The van der Waals surface area contributed by atoms with Gasteiger partial charge in [-0.25, -0.2) is 9.78 Å². The molecule has 1 fully saturated rings. The Morgan fingerprint density at radius 2 is 1.96 bits per heavy atom. The maximum absolute atomic E-state index is 12.8. The number of carbonyl (C=O) groups is 1. The van der Waals surface area contributed by atoms with Crippen LogP contribution in [0.1, 0.15) is 5.56 Å². The minimum absolute atomic E-state index is 0.0155. The molecule has 0 atom stereocenters. The zero-order valence-electron chi connectivity index (χ0n) is 15.6. The first kappa shape index (κ1) is 19.6. The van der Waals surface area contributed by atoms with Gasteiger partial charge in [0.2, 0.25) is 5.91 Å². The molecule has 2 aromatic heterocycles. The third-order valence-corrected chi connectivity index (χ3v) is 5.64. The maximum Gasteiger partial charge on any atom is 0.332 e. The van der Waals surface area contributed by atoms with Crippen molar-refractivity contribution in [1.29, 1.82) is 0 Å². The number of thioether (sulfide) groups is 1. The highest BCUT2D eigenvalue weighted by Gasteiger charge is 2.21. The predicted octanol–water partition coefficient (Wildman–Crippen LogP) is -0.270. The van der Waals surface area contributed by atoms with Crippen LogP contribution in [-0.4, -0.2) is 64.1 Å². The molecule has 0 N–H and O–H groups in total. The lowest BCUT2D eigenvalue weighted by Crippen LogP contribution is -2.41. The van der Waals surface area contributed by atoms with Crippen molar-refractivity contribution >= 4 is 28.7 Å². The average molecular weight is 394 g/mol. The summed E-state index contributed by atoms with van der Waals surface area (Å²) in [7, 11) is 4.55. The number of hydrogen-bond donors (Lipinski definition) is 0. The van der Waals surface area contributed by atoms with E-state index in [1.165, 1.54) is 23.4 Å². The van der Waals surface area contributed by atoms with Crippen LogP contribution in [0.15, 0.2) is 20.7 Å². The fourth-order valence-corrected chi connectivity index (χ4v) is 4.07. The maximum atomic E-state index is 12.8. The molecule has 2 aromatic rings. The molecule has 0 saturated carbocycles. The third kappa shape index (κ3) is 3.78. The second-order valence-corrected chi connectivity index (χ2v) is 7.22. The van der Waals surface area contributed by atoms with Crippen LogP contribution in [0.5, 0.6) is 0 Å². The molecule has 1 aliphatic heterocycles.